The number of carbonyl (C=O) groups excluding carboxylic acids is 1. The standard InChI is InChI=1S/C16H17ClN2O2/c1-11-12(3-2-4-15(11)18)9-19-16(20)10-21-14-7-5-13(17)6-8-14/h2-8H,9-10,18H2,1H3,(H,19,20). The number of carbonyl (C=O) groups is 1. The third kappa shape index (κ3) is 4.39. The first-order chi connectivity index (χ1) is 10.1. The van der Waals surface area contributed by atoms with Crippen molar-refractivity contribution < 1.29 is 9.53 Å². The van der Waals surface area contributed by atoms with Crippen LogP contribution in [0.1, 0.15) is 11.1 Å². The third-order valence-electron chi connectivity index (χ3n) is 3.15. The van der Waals surface area contributed by atoms with Gasteiger partial charge in [-0.1, -0.05) is 23.7 Å². The molecule has 0 bridgehead atoms. The quantitative estimate of drug-likeness (QED) is 0.835. The largest absolute Gasteiger partial charge is 0.484 e. The molecule has 4 nitrogen and oxygen atoms in total. The van der Waals surface area contributed by atoms with Crippen molar-refractivity contribution in [1.29, 1.82) is 0 Å². The molecule has 0 aliphatic carbocycles. The summed E-state index contributed by atoms with van der Waals surface area (Å²) >= 11 is 5.77. The lowest BCUT2D eigenvalue weighted by atomic mass is 10.1. The predicted octanol–water partition coefficient (Wildman–Crippen LogP) is 2.93. The number of benzene rings is 2. The van der Waals surface area contributed by atoms with E-state index >= 15 is 0 Å². The van der Waals surface area contributed by atoms with Crippen LogP contribution in [0, 0.1) is 6.92 Å². The van der Waals surface area contributed by atoms with Crippen LogP contribution in [0.15, 0.2) is 42.5 Å². The Labute approximate surface area is 128 Å². The molecule has 21 heavy (non-hydrogen) atoms. The van der Waals surface area contributed by atoms with Gasteiger partial charge in [-0.05, 0) is 48.4 Å². The van der Waals surface area contributed by atoms with Gasteiger partial charge in [-0.25, -0.2) is 0 Å². The van der Waals surface area contributed by atoms with Crippen LogP contribution < -0.4 is 15.8 Å². The highest BCUT2D eigenvalue weighted by molar-refractivity contribution is 6.30. The van der Waals surface area contributed by atoms with Gasteiger partial charge < -0.3 is 15.8 Å². The van der Waals surface area contributed by atoms with E-state index in [0.717, 1.165) is 16.8 Å². The molecular formula is C16H17ClN2O2. The Morgan fingerprint density at radius 3 is 2.67 bits per heavy atom. The molecule has 0 unspecified atom stereocenters. The predicted molar refractivity (Wildman–Crippen MR) is 84.4 cm³/mol. The van der Waals surface area contributed by atoms with E-state index < -0.39 is 0 Å². The van der Waals surface area contributed by atoms with Gasteiger partial charge in [0.1, 0.15) is 5.75 Å². The van der Waals surface area contributed by atoms with Gasteiger partial charge in [-0.3, -0.25) is 4.79 Å². The summed E-state index contributed by atoms with van der Waals surface area (Å²) in [6, 6.07) is 12.5. The molecule has 0 fully saturated rings. The van der Waals surface area contributed by atoms with Crippen LogP contribution in [0.5, 0.6) is 5.75 Å². The van der Waals surface area contributed by atoms with E-state index in [-0.39, 0.29) is 12.5 Å². The zero-order chi connectivity index (χ0) is 15.2. The van der Waals surface area contributed by atoms with Gasteiger partial charge in [0, 0.05) is 17.3 Å². The molecule has 0 aliphatic heterocycles. The molecule has 5 heteroatoms. The van der Waals surface area contributed by atoms with Crippen LogP contribution in [0.4, 0.5) is 5.69 Å². The SMILES string of the molecule is Cc1c(N)cccc1CNC(=O)COc1ccc(Cl)cc1. The van der Waals surface area contributed by atoms with E-state index in [4.69, 9.17) is 22.1 Å². The maximum Gasteiger partial charge on any atom is 0.258 e. The molecule has 0 heterocycles. The molecule has 0 spiro atoms. The minimum Gasteiger partial charge on any atom is -0.484 e. The number of rotatable bonds is 5. The first-order valence-electron chi connectivity index (χ1n) is 6.55. The monoisotopic (exact) mass is 304 g/mol. The van der Waals surface area contributed by atoms with Crippen molar-refractivity contribution in [2.75, 3.05) is 12.3 Å². The number of nitrogens with two attached hydrogens (primary N) is 1. The van der Waals surface area contributed by atoms with Crippen molar-refractivity contribution in [3.05, 3.63) is 58.6 Å². The molecule has 2 aromatic carbocycles. The highest BCUT2D eigenvalue weighted by atomic mass is 35.5. The first kappa shape index (κ1) is 15.2. The maximum atomic E-state index is 11.8. The zero-order valence-corrected chi connectivity index (χ0v) is 12.5. The molecule has 0 radical (unpaired) electrons. The molecule has 2 rings (SSSR count). The molecule has 1 amide bonds. The van der Waals surface area contributed by atoms with Crippen molar-refractivity contribution in [2.24, 2.45) is 0 Å². The van der Waals surface area contributed by atoms with Crippen molar-refractivity contribution in [3.8, 4) is 5.75 Å². The summed E-state index contributed by atoms with van der Waals surface area (Å²) in [5.74, 6) is 0.418. The highest BCUT2D eigenvalue weighted by Crippen LogP contribution is 2.16. The Hall–Kier alpha value is -2.20. The van der Waals surface area contributed by atoms with Crippen molar-refractivity contribution in [2.45, 2.75) is 13.5 Å². The summed E-state index contributed by atoms with van der Waals surface area (Å²) in [5.41, 5.74) is 8.53. The lowest BCUT2D eigenvalue weighted by Gasteiger charge is -2.10. The van der Waals surface area contributed by atoms with E-state index in [1.807, 2.05) is 25.1 Å². The van der Waals surface area contributed by atoms with Crippen molar-refractivity contribution in [1.82, 2.24) is 5.32 Å². The summed E-state index contributed by atoms with van der Waals surface area (Å²) in [6.45, 7) is 2.32. The molecule has 3 N–H and O–H groups in total. The second kappa shape index (κ2) is 6.99. The fourth-order valence-corrected chi connectivity index (χ4v) is 1.95. The van der Waals surface area contributed by atoms with E-state index in [9.17, 15) is 4.79 Å². The van der Waals surface area contributed by atoms with Crippen LogP contribution in [-0.2, 0) is 11.3 Å². The number of amides is 1. The topological polar surface area (TPSA) is 64.3 Å². The summed E-state index contributed by atoms with van der Waals surface area (Å²) in [6.07, 6.45) is 0. The minimum atomic E-state index is -0.188. The van der Waals surface area contributed by atoms with Crippen LogP contribution >= 0.6 is 11.6 Å². The van der Waals surface area contributed by atoms with Gasteiger partial charge in [0.05, 0.1) is 0 Å². The van der Waals surface area contributed by atoms with Crippen LogP contribution in [0.25, 0.3) is 0 Å². The number of hydrogen-bond acceptors (Lipinski definition) is 3. The summed E-state index contributed by atoms with van der Waals surface area (Å²) < 4.78 is 5.37. The average Bonchev–Trinajstić information content (AvgIpc) is 2.48. The van der Waals surface area contributed by atoms with Crippen LogP contribution in [0.3, 0.4) is 0 Å². The van der Waals surface area contributed by atoms with Crippen LogP contribution in [-0.4, -0.2) is 12.5 Å². The molecular weight excluding hydrogens is 288 g/mol. The van der Waals surface area contributed by atoms with Gasteiger partial charge in [-0.15, -0.1) is 0 Å². The van der Waals surface area contributed by atoms with Gasteiger partial charge >= 0.3 is 0 Å². The Kier molecular flexibility index (Phi) is 5.06. The number of hydrogen-bond donors (Lipinski definition) is 2. The van der Waals surface area contributed by atoms with Gasteiger partial charge in [-0.2, -0.15) is 0 Å². The lowest BCUT2D eigenvalue weighted by Crippen LogP contribution is -2.28. The van der Waals surface area contributed by atoms with Crippen LogP contribution in [0.2, 0.25) is 5.02 Å². The molecule has 110 valence electrons. The first-order valence-corrected chi connectivity index (χ1v) is 6.93. The molecule has 0 saturated carbocycles. The number of halogens is 1. The molecule has 0 aromatic heterocycles. The second-order valence-corrected chi connectivity index (χ2v) is 5.09. The van der Waals surface area contributed by atoms with Gasteiger partial charge in [0.25, 0.3) is 5.91 Å². The van der Waals surface area contributed by atoms with Crippen molar-refractivity contribution in [3.63, 3.8) is 0 Å². The molecule has 0 aliphatic rings. The fraction of sp³-hybridized carbons (Fsp3) is 0.188. The summed E-state index contributed by atoms with van der Waals surface area (Å²) in [5, 5.41) is 3.43. The Bertz CT molecular complexity index is 627. The molecule has 0 atom stereocenters. The summed E-state index contributed by atoms with van der Waals surface area (Å²) in [4.78, 5) is 11.8. The highest BCUT2D eigenvalue weighted by Gasteiger charge is 2.05. The smallest absolute Gasteiger partial charge is 0.258 e. The van der Waals surface area contributed by atoms with Crippen molar-refractivity contribution >= 4 is 23.2 Å². The van der Waals surface area contributed by atoms with E-state index in [1.165, 1.54) is 0 Å². The lowest BCUT2D eigenvalue weighted by molar-refractivity contribution is -0.123. The average molecular weight is 305 g/mol. The molecule has 2 aromatic rings. The zero-order valence-electron chi connectivity index (χ0n) is 11.7. The van der Waals surface area contributed by atoms with E-state index in [0.29, 0.717) is 17.3 Å². The number of ether oxygens (including phenoxy) is 1. The van der Waals surface area contributed by atoms with E-state index in [2.05, 4.69) is 5.32 Å². The molecule has 0 saturated heterocycles. The fourth-order valence-electron chi connectivity index (χ4n) is 1.82. The Morgan fingerprint density at radius 2 is 1.95 bits per heavy atom. The van der Waals surface area contributed by atoms with Gasteiger partial charge in [0.15, 0.2) is 6.61 Å². The number of nitrogens with one attached hydrogen (secondary N) is 1. The number of nitrogen functional groups attached to an aromatic ring is 1. The number of anilines is 1. The third-order valence-corrected chi connectivity index (χ3v) is 3.40. The Morgan fingerprint density at radius 1 is 1.24 bits per heavy atom. The van der Waals surface area contributed by atoms with Gasteiger partial charge in [0.2, 0.25) is 0 Å². The van der Waals surface area contributed by atoms with E-state index in [1.54, 1.807) is 24.3 Å². The maximum absolute atomic E-state index is 11.8. The second-order valence-electron chi connectivity index (χ2n) is 4.65. The summed E-state index contributed by atoms with van der Waals surface area (Å²) in [7, 11) is 0. The normalized spacial score (nSPS) is 10.2. The Balaban J connectivity index is 1.82. The minimum absolute atomic E-state index is 0.0387.